The van der Waals surface area contributed by atoms with Crippen LogP contribution in [0.4, 0.5) is 0 Å². The summed E-state index contributed by atoms with van der Waals surface area (Å²) < 4.78 is 21.8. The first-order valence-corrected chi connectivity index (χ1v) is 7.59. The number of methoxy groups -OCH3 is 1. The van der Waals surface area contributed by atoms with Crippen LogP contribution in [0.5, 0.6) is 23.0 Å². The average molecular weight is 314 g/mol. The highest BCUT2D eigenvalue weighted by Gasteiger charge is 2.37. The predicted octanol–water partition coefficient (Wildman–Crippen LogP) is 2.90. The molecule has 120 valence electrons. The van der Waals surface area contributed by atoms with E-state index in [9.17, 15) is 5.11 Å². The van der Waals surface area contributed by atoms with Crippen molar-refractivity contribution in [3.63, 3.8) is 0 Å². The van der Waals surface area contributed by atoms with Gasteiger partial charge in [-0.3, -0.25) is 0 Å². The van der Waals surface area contributed by atoms with Gasteiger partial charge in [0, 0.05) is 23.5 Å². The molecule has 0 aromatic heterocycles. The van der Waals surface area contributed by atoms with Gasteiger partial charge in [0.1, 0.15) is 11.5 Å². The van der Waals surface area contributed by atoms with Crippen molar-refractivity contribution in [1.29, 1.82) is 0 Å². The van der Waals surface area contributed by atoms with Gasteiger partial charge >= 0.3 is 0 Å². The Labute approximate surface area is 134 Å². The number of rotatable bonds is 2. The Bertz CT molecular complexity index is 725. The molecule has 0 aliphatic carbocycles. The molecule has 0 saturated carbocycles. The molecule has 0 bridgehead atoms. The van der Waals surface area contributed by atoms with Crippen LogP contribution in [0, 0.1) is 5.92 Å². The quantitative estimate of drug-likeness (QED) is 0.923. The molecule has 4 rings (SSSR count). The molecule has 2 aliphatic rings. The molecule has 2 heterocycles. The summed E-state index contributed by atoms with van der Waals surface area (Å²) in [6.45, 7) is 2.19. The second-order valence-electron chi connectivity index (χ2n) is 5.86. The minimum Gasteiger partial charge on any atom is -0.497 e. The molecular weight excluding hydrogens is 296 g/mol. The molecule has 3 atom stereocenters. The van der Waals surface area contributed by atoms with Crippen LogP contribution in [0.3, 0.4) is 0 Å². The van der Waals surface area contributed by atoms with E-state index in [2.05, 4.69) is 0 Å². The first-order chi connectivity index (χ1) is 11.2. The van der Waals surface area contributed by atoms with Crippen molar-refractivity contribution in [3.05, 3.63) is 47.5 Å². The van der Waals surface area contributed by atoms with E-state index in [1.54, 1.807) is 13.2 Å². The van der Waals surface area contributed by atoms with E-state index in [1.807, 2.05) is 37.3 Å². The Kier molecular flexibility index (Phi) is 3.31. The van der Waals surface area contributed by atoms with E-state index in [0.717, 1.165) is 22.6 Å². The molecule has 23 heavy (non-hydrogen) atoms. The van der Waals surface area contributed by atoms with Crippen molar-refractivity contribution < 1.29 is 24.1 Å². The third-order valence-corrected chi connectivity index (χ3v) is 4.54. The summed E-state index contributed by atoms with van der Waals surface area (Å²) in [5, 5.41) is 10.3. The predicted molar refractivity (Wildman–Crippen MR) is 83.2 cm³/mol. The lowest BCUT2D eigenvalue weighted by Crippen LogP contribution is -2.34. The topological polar surface area (TPSA) is 57.2 Å². The van der Waals surface area contributed by atoms with Gasteiger partial charge in [-0.25, -0.2) is 0 Å². The Morgan fingerprint density at radius 2 is 1.74 bits per heavy atom. The van der Waals surface area contributed by atoms with Gasteiger partial charge in [-0.1, -0.05) is 19.1 Å². The molecule has 0 spiro atoms. The van der Waals surface area contributed by atoms with Crippen molar-refractivity contribution in [1.82, 2.24) is 0 Å². The molecule has 0 radical (unpaired) electrons. The summed E-state index contributed by atoms with van der Waals surface area (Å²) in [5.74, 6) is 2.74. The second kappa shape index (κ2) is 5.35. The van der Waals surface area contributed by atoms with E-state index in [4.69, 9.17) is 18.9 Å². The van der Waals surface area contributed by atoms with Crippen molar-refractivity contribution >= 4 is 0 Å². The van der Waals surface area contributed by atoms with E-state index < -0.39 is 6.29 Å². The molecule has 5 nitrogen and oxygen atoms in total. The van der Waals surface area contributed by atoms with E-state index in [0.29, 0.717) is 11.5 Å². The average Bonchev–Trinajstić information content (AvgIpc) is 3.02. The van der Waals surface area contributed by atoms with Gasteiger partial charge in [0.15, 0.2) is 11.5 Å². The maximum atomic E-state index is 10.3. The van der Waals surface area contributed by atoms with Crippen molar-refractivity contribution in [2.24, 2.45) is 5.92 Å². The molecule has 2 aliphatic heterocycles. The molecular formula is C18H18O5. The van der Waals surface area contributed by atoms with Crippen LogP contribution in [0.15, 0.2) is 36.4 Å². The van der Waals surface area contributed by atoms with Crippen LogP contribution in [0.1, 0.15) is 24.0 Å². The first kappa shape index (κ1) is 14.2. The fraction of sp³-hybridized carbons (Fsp3) is 0.333. The third kappa shape index (κ3) is 2.28. The maximum Gasteiger partial charge on any atom is 0.231 e. The lowest BCUT2D eigenvalue weighted by atomic mass is 9.79. The molecule has 0 amide bonds. The van der Waals surface area contributed by atoms with E-state index in [1.165, 1.54) is 0 Å². The minimum absolute atomic E-state index is 0.00848. The Morgan fingerprint density at radius 1 is 1.04 bits per heavy atom. The van der Waals surface area contributed by atoms with Crippen LogP contribution >= 0.6 is 0 Å². The zero-order valence-electron chi connectivity index (χ0n) is 13.0. The fourth-order valence-electron chi connectivity index (χ4n) is 3.26. The smallest absolute Gasteiger partial charge is 0.231 e. The van der Waals surface area contributed by atoms with Gasteiger partial charge in [0.25, 0.3) is 0 Å². The molecule has 2 aromatic rings. The molecule has 5 heteroatoms. The summed E-state index contributed by atoms with van der Waals surface area (Å²) in [6, 6.07) is 11.6. The van der Waals surface area contributed by atoms with Gasteiger partial charge < -0.3 is 24.1 Å². The first-order valence-electron chi connectivity index (χ1n) is 7.59. The Morgan fingerprint density at radius 3 is 2.43 bits per heavy atom. The number of benzene rings is 2. The lowest BCUT2D eigenvalue weighted by Gasteiger charge is -2.35. The number of hydrogen-bond acceptors (Lipinski definition) is 5. The highest BCUT2D eigenvalue weighted by Crippen LogP contribution is 2.48. The molecule has 0 saturated heterocycles. The SMILES string of the molecule is COc1ccc(C2c3cc4c(cc3OC(O)C2C)OCO4)cc1. The van der Waals surface area contributed by atoms with Gasteiger partial charge in [0.05, 0.1) is 7.11 Å². The highest BCUT2D eigenvalue weighted by molar-refractivity contribution is 5.56. The molecule has 3 unspecified atom stereocenters. The van der Waals surface area contributed by atoms with Gasteiger partial charge in [-0.15, -0.1) is 0 Å². The Balaban J connectivity index is 1.82. The van der Waals surface area contributed by atoms with Crippen molar-refractivity contribution in [2.45, 2.75) is 19.1 Å². The van der Waals surface area contributed by atoms with Crippen molar-refractivity contribution in [2.75, 3.05) is 13.9 Å². The maximum absolute atomic E-state index is 10.3. The van der Waals surface area contributed by atoms with Crippen LogP contribution in [-0.4, -0.2) is 25.3 Å². The normalized spacial score (nSPS) is 24.7. The molecule has 0 fully saturated rings. The summed E-state index contributed by atoms with van der Waals surface area (Å²) in [5.41, 5.74) is 2.10. The second-order valence-corrected chi connectivity index (χ2v) is 5.86. The van der Waals surface area contributed by atoms with Crippen molar-refractivity contribution in [3.8, 4) is 23.0 Å². The fourth-order valence-corrected chi connectivity index (χ4v) is 3.26. The zero-order chi connectivity index (χ0) is 16.0. The van der Waals surface area contributed by atoms with Gasteiger partial charge in [0.2, 0.25) is 13.1 Å². The third-order valence-electron chi connectivity index (χ3n) is 4.54. The summed E-state index contributed by atoms with van der Waals surface area (Å²) in [4.78, 5) is 0. The van der Waals surface area contributed by atoms with Crippen LogP contribution in [0.2, 0.25) is 0 Å². The van der Waals surface area contributed by atoms with Crippen LogP contribution in [0.25, 0.3) is 0 Å². The monoisotopic (exact) mass is 314 g/mol. The molecule has 2 aromatic carbocycles. The van der Waals surface area contributed by atoms with E-state index in [-0.39, 0.29) is 18.6 Å². The van der Waals surface area contributed by atoms with Crippen LogP contribution in [-0.2, 0) is 0 Å². The summed E-state index contributed by atoms with van der Waals surface area (Å²) in [6.07, 6.45) is -0.866. The lowest BCUT2D eigenvalue weighted by molar-refractivity contribution is -0.0729. The van der Waals surface area contributed by atoms with E-state index >= 15 is 0 Å². The standard InChI is InChI=1S/C18H18O5/c1-10-17(11-3-5-12(20-2)6-4-11)13-7-15-16(22-9-21-15)8-14(13)23-18(10)19/h3-8,10,17-19H,9H2,1-2H3. The number of ether oxygens (including phenoxy) is 4. The largest absolute Gasteiger partial charge is 0.497 e. The summed E-state index contributed by atoms with van der Waals surface area (Å²) >= 11 is 0. The number of fused-ring (bicyclic) bond motifs is 2. The van der Waals surface area contributed by atoms with Gasteiger partial charge in [-0.05, 0) is 23.8 Å². The number of aliphatic hydroxyl groups excluding tert-OH is 1. The van der Waals surface area contributed by atoms with Gasteiger partial charge in [-0.2, -0.15) is 0 Å². The summed E-state index contributed by atoms with van der Waals surface area (Å²) in [7, 11) is 1.64. The molecule has 1 N–H and O–H groups in total. The van der Waals surface area contributed by atoms with Crippen LogP contribution < -0.4 is 18.9 Å². The number of aliphatic hydroxyl groups is 1. The highest BCUT2D eigenvalue weighted by atomic mass is 16.7. The minimum atomic E-state index is -0.866. The Hall–Kier alpha value is -2.40. The number of hydrogen-bond donors (Lipinski definition) is 1. The zero-order valence-corrected chi connectivity index (χ0v) is 13.0.